The molecule has 0 unspecified atom stereocenters. The van der Waals surface area contributed by atoms with Crippen molar-refractivity contribution in [3.63, 3.8) is 0 Å². The predicted octanol–water partition coefficient (Wildman–Crippen LogP) is 2.37. The normalized spacial score (nSPS) is 22.9. The Morgan fingerprint density at radius 3 is 2.36 bits per heavy atom. The lowest BCUT2D eigenvalue weighted by Gasteiger charge is -2.35. The number of hydrogen-bond acceptors (Lipinski definition) is 2. The second-order valence-electron chi connectivity index (χ2n) is 6.38. The smallest absolute Gasteiger partial charge is 0.326 e. The molecule has 1 aliphatic rings. The van der Waals surface area contributed by atoms with Gasteiger partial charge in [0.15, 0.2) is 0 Å². The van der Waals surface area contributed by atoms with Gasteiger partial charge in [-0.25, -0.2) is 9.59 Å². The molecule has 22 heavy (non-hydrogen) atoms. The Hall–Kier alpha value is -2.04. The number of benzene rings is 1. The van der Waals surface area contributed by atoms with Gasteiger partial charge < -0.3 is 15.3 Å². The summed E-state index contributed by atoms with van der Waals surface area (Å²) in [6.07, 6.45) is 1.40. The molecule has 120 valence electrons. The summed E-state index contributed by atoms with van der Waals surface area (Å²) in [5.41, 5.74) is 0.899. The molecule has 0 saturated carbocycles. The zero-order valence-corrected chi connectivity index (χ0v) is 13.2. The summed E-state index contributed by atoms with van der Waals surface area (Å²) in [4.78, 5) is 25.5. The van der Waals surface area contributed by atoms with Gasteiger partial charge in [-0.2, -0.15) is 0 Å². The Kier molecular flexibility index (Phi) is 5.41. The number of carbonyl (C=O) groups excluding carboxylic acids is 1. The van der Waals surface area contributed by atoms with Crippen molar-refractivity contribution in [2.45, 2.75) is 32.7 Å². The standard InChI is InChI=1S/C17H24N2O3/c1-12-8-13(2)11-19(10-12)17(22)18-15(16(20)21)9-14-6-4-3-5-7-14/h3-7,12-13,15H,8-11H2,1-2H3,(H,18,22)(H,20,21)/t12-,13+,15-/m0/s1. The van der Waals surface area contributed by atoms with Crippen LogP contribution in [0.4, 0.5) is 4.79 Å². The zero-order chi connectivity index (χ0) is 16.1. The number of rotatable bonds is 4. The third-order valence-electron chi connectivity index (χ3n) is 4.03. The molecule has 1 saturated heterocycles. The first-order valence-corrected chi connectivity index (χ1v) is 7.78. The van der Waals surface area contributed by atoms with Crippen molar-refractivity contribution in [1.29, 1.82) is 0 Å². The molecule has 0 spiro atoms. The molecule has 2 N–H and O–H groups in total. The van der Waals surface area contributed by atoms with Gasteiger partial charge >= 0.3 is 12.0 Å². The first-order chi connectivity index (χ1) is 10.5. The average molecular weight is 304 g/mol. The van der Waals surface area contributed by atoms with Crippen molar-refractivity contribution < 1.29 is 14.7 Å². The van der Waals surface area contributed by atoms with Gasteiger partial charge in [0.25, 0.3) is 0 Å². The Balaban J connectivity index is 1.98. The van der Waals surface area contributed by atoms with E-state index < -0.39 is 12.0 Å². The fourth-order valence-electron chi connectivity index (χ4n) is 3.12. The number of likely N-dealkylation sites (tertiary alicyclic amines) is 1. The highest BCUT2D eigenvalue weighted by molar-refractivity contribution is 5.82. The second kappa shape index (κ2) is 7.29. The average Bonchev–Trinajstić information content (AvgIpc) is 2.46. The van der Waals surface area contributed by atoms with Crippen LogP contribution >= 0.6 is 0 Å². The van der Waals surface area contributed by atoms with Gasteiger partial charge in [0.1, 0.15) is 6.04 Å². The van der Waals surface area contributed by atoms with Crippen molar-refractivity contribution in [3.05, 3.63) is 35.9 Å². The number of carboxylic acids is 1. The molecule has 1 aromatic carbocycles. The Bertz CT molecular complexity index is 508. The number of nitrogens with zero attached hydrogens (tertiary/aromatic N) is 1. The van der Waals surface area contributed by atoms with Crippen LogP contribution in [0.2, 0.25) is 0 Å². The maximum atomic E-state index is 12.3. The lowest BCUT2D eigenvalue weighted by Crippen LogP contribution is -2.52. The SMILES string of the molecule is C[C@@H]1C[C@H](C)CN(C(=O)N[C@@H](Cc2ccccc2)C(=O)O)C1. The molecule has 5 heteroatoms. The fraction of sp³-hybridized carbons (Fsp3) is 0.529. The first kappa shape index (κ1) is 16.3. The van der Waals surface area contributed by atoms with E-state index in [2.05, 4.69) is 19.2 Å². The minimum absolute atomic E-state index is 0.276. The van der Waals surface area contributed by atoms with Crippen LogP contribution in [0.5, 0.6) is 0 Å². The first-order valence-electron chi connectivity index (χ1n) is 7.78. The lowest BCUT2D eigenvalue weighted by molar-refractivity contribution is -0.139. The third kappa shape index (κ3) is 4.48. The molecule has 1 fully saturated rings. The molecule has 0 aromatic heterocycles. The van der Waals surface area contributed by atoms with Crippen molar-refractivity contribution >= 4 is 12.0 Å². The Labute approximate surface area is 131 Å². The molecule has 1 aromatic rings. The predicted molar refractivity (Wildman–Crippen MR) is 84.6 cm³/mol. The molecule has 0 radical (unpaired) electrons. The number of urea groups is 1. The molecule has 5 nitrogen and oxygen atoms in total. The third-order valence-corrected chi connectivity index (χ3v) is 4.03. The van der Waals surface area contributed by atoms with Crippen LogP contribution in [0.3, 0.4) is 0 Å². The lowest BCUT2D eigenvalue weighted by atomic mass is 9.92. The molecular formula is C17H24N2O3. The summed E-state index contributed by atoms with van der Waals surface area (Å²) < 4.78 is 0. The van der Waals surface area contributed by atoms with Gasteiger partial charge in [-0.05, 0) is 23.8 Å². The van der Waals surface area contributed by atoms with Crippen LogP contribution in [0.25, 0.3) is 0 Å². The van der Waals surface area contributed by atoms with Crippen LogP contribution in [-0.4, -0.2) is 41.1 Å². The summed E-state index contributed by atoms with van der Waals surface area (Å²) in [6, 6.07) is 8.17. The van der Waals surface area contributed by atoms with Crippen molar-refractivity contribution in [3.8, 4) is 0 Å². The number of hydrogen-bond donors (Lipinski definition) is 2. The number of carbonyl (C=O) groups is 2. The Morgan fingerprint density at radius 2 is 1.82 bits per heavy atom. The van der Waals surface area contributed by atoms with E-state index in [1.165, 1.54) is 0 Å². The maximum Gasteiger partial charge on any atom is 0.326 e. The van der Waals surface area contributed by atoms with E-state index in [1.54, 1.807) is 4.90 Å². The Morgan fingerprint density at radius 1 is 1.23 bits per heavy atom. The second-order valence-corrected chi connectivity index (χ2v) is 6.38. The van der Waals surface area contributed by atoms with Gasteiger partial charge in [-0.15, -0.1) is 0 Å². The van der Waals surface area contributed by atoms with Gasteiger partial charge in [0, 0.05) is 19.5 Å². The number of piperidine rings is 1. The van der Waals surface area contributed by atoms with Gasteiger partial charge in [0.05, 0.1) is 0 Å². The quantitative estimate of drug-likeness (QED) is 0.897. The van der Waals surface area contributed by atoms with Crippen LogP contribution in [0.1, 0.15) is 25.8 Å². The highest BCUT2D eigenvalue weighted by atomic mass is 16.4. The molecule has 0 aliphatic carbocycles. The van der Waals surface area contributed by atoms with Crippen LogP contribution in [0, 0.1) is 11.8 Å². The van der Waals surface area contributed by atoms with Crippen molar-refractivity contribution in [1.82, 2.24) is 10.2 Å². The van der Waals surface area contributed by atoms with Crippen molar-refractivity contribution in [2.75, 3.05) is 13.1 Å². The van der Waals surface area contributed by atoms with Gasteiger partial charge in [-0.1, -0.05) is 44.2 Å². The van der Waals surface area contributed by atoms with Crippen molar-refractivity contribution in [2.24, 2.45) is 11.8 Å². The van der Waals surface area contributed by atoms with Gasteiger partial charge in [-0.3, -0.25) is 0 Å². The summed E-state index contributed by atoms with van der Waals surface area (Å²) >= 11 is 0. The summed E-state index contributed by atoms with van der Waals surface area (Å²) in [6.45, 7) is 5.62. The molecule has 3 atom stereocenters. The topological polar surface area (TPSA) is 69.6 Å². The van der Waals surface area contributed by atoms with Crippen LogP contribution in [-0.2, 0) is 11.2 Å². The maximum absolute atomic E-state index is 12.3. The molecule has 0 bridgehead atoms. The summed E-state index contributed by atoms with van der Waals surface area (Å²) in [5, 5.41) is 12.0. The van der Waals surface area contributed by atoms with E-state index in [1.807, 2.05) is 30.3 Å². The monoisotopic (exact) mass is 304 g/mol. The molecule has 1 aliphatic heterocycles. The largest absolute Gasteiger partial charge is 0.480 e. The molecule has 2 amide bonds. The van der Waals surface area contributed by atoms with E-state index in [-0.39, 0.29) is 6.03 Å². The highest BCUT2D eigenvalue weighted by Gasteiger charge is 2.28. The van der Waals surface area contributed by atoms with Crippen LogP contribution < -0.4 is 5.32 Å². The summed E-state index contributed by atoms with van der Waals surface area (Å²) in [5.74, 6) is -0.103. The minimum Gasteiger partial charge on any atom is -0.480 e. The van der Waals surface area contributed by atoms with Crippen LogP contribution in [0.15, 0.2) is 30.3 Å². The summed E-state index contributed by atoms with van der Waals surface area (Å²) in [7, 11) is 0. The zero-order valence-electron chi connectivity index (χ0n) is 13.2. The number of aliphatic carboxylic acids is 1. The fourth-order valence-corrected chi connectivity index (χ4v) is 3.12. The molecule has 1 heterocycles. The van der Waals surface area contributed by atoms with E-state index >= 15 is 0 Å². The highest BCUT2D eigenvalue weighted by Crippen LogP contribution is 2.21. The molecule has 2 rings (SSSR count). The van der Waals surface area contributed by atoms with Gasteiger partial charge in [0.2, 0.25) is 0 Å². The number of carboxylic acid groups (broad SMARTS) is 1. The van der Waals surface area contributed by atoms with E-state index in [0.29, 0.717) is 31.3 Å². The number of amides is 2. The van der Waals surface area contributed by atoms with E-state index in [4.69, 9.17) is 0 Å². The minimum atomic E-state index is -1.00. The molecular weight excluding hydrogens is 280 g/mol. The number of nitrogens with one attached hydrogen (secondary N) is 1. The van der Waals surface area contributed by atoms with E-state index in [0.717, 1.165) is 12.0 Å². The van der Waals surface area contributed by atoms with E-state index in [9.17, 15) is 14.7 Å².